The van der Waals surface area contributed by atoms with Crippen molar-refractivity contribution in [3.8, 4) is 0 Å². The van der Waals surface area contributed by atoms with Crippen molar-refractivity contribution >= 4 is 5.95 Å². The second kappa shape index (κ2) is 4.18. The minimum absolute atomic E-state index is 0.397. The quantitative estimate of drug-likeness (QED) is 0.764. The fraction of sp³-hybridized carbons (Fsp3) is 0.800. The summed E-state index contributed by atoms with van der Waals surface area (Å²) in [7, 11) is 1.93. The van der Waals surface area contributed by atoms with E-state index < -0.39 is 0 Å². The van der Waals surface area contributed by atoms with Crippen LogP contribution >= 0.6 is 0 Å². The predicted octanol–water partition coefficient (Wildman–Crippen LogP) is 1.15. The Morgan fingerprint density at radius 2 is 2.13 bits per heavy atom. The van der Waals surface area contributed by atoms with Gasteiger partial charge in [0.25, 0.3) is 0 Å². The van der Waals surface area contributed by atoms with Gasteiger partial charge in [0.1, 0.15) is 5.82 Å². The highest BCUT2D eigenvalue weighted by Crippen LogP contribution is 2.37. The maximum atomic E-state index is 4.21. The maximum Gasteiger partial charge on any atom is 0.225 e. The molecule has 0 unspecified atom stereocenters. The highest BCUT2D eigenvalue weighted by Gasteiger charge is 2.29. The van der Waals surface area contributed by atoms with E-state index in [9.17, 15) is 0 Å². The molecule has 0 aromatic carbocycles. The molecular formula is C10H19N5. The van der Waals surface area contributed by atoms with Crippen LogP contribution in [0.2, 0.25) is 0 Å². The van der Waals surface area contributed by atoms with Crippen LogP contribution in [0.15, 0.2) is 0 Å². The molecule has 0 radical (unpaired) electrons. The smallest absolute Gasteiger partial charge is 0.225 e. The van der Waals surface area contributed by atoms with Crippen LogP contribution in [0.25, 0.3) is 0 Å². The van der Waals surface area contributed by atoms with Gasteiger partial charge in [-0.3, -0.25) is 4.57 Å². The summed E-state index contributed by atoms with van der Waals surface area (Å²) in [6.45, 7) is 5.01. The van der Waals surface area contributed by atoms with Crippen molar-refractivity contribution in [1.82, 2.24) is 20.1 Å². The average molecular weight is 209 g/mol. The zero-order chi connectivity index (χ0) is 10.8. The van der Waals surface area contributed by atoms with Crippen molar-refractivity contribution in [3.63, 3.8) is 0 Å². The molecule has 1 heterocycles. The Morgan fingerprint density at radius 1 is 1.40 bits per heavy atom. The summed E-state index contributed by atoms with van der Waals surface area (Å²) < 4.78 is 2.23. The number of aromatic nitrogens is 3. The van der Waals surface area contributed by atoms with Gasteiger partial charge >= 0.3 is 0 Å². The van der Waals surface area contributed by atoms with E-state index in [2.05, 4.69) is 39.2 Å². The lowest BCUT2D eigenvalue weighted by molar-refractivity contribution is 0.645. The second-order valence-corrected chi connectivity index (χ2v) is 4.37. The highest BCUT2D eigenvalue weighted by molar-refractivity contribution is 5.29. The van der Waals surface area contributed by atoms with Crippen LogP contribution < -0.4 is 10.6 Å². The summed E-state index contributed by atoms with van der Waals surface area (Å²) in [5, 5.41) is 14.9. The third-order valence-corrected chi connectivity index (χ3v) is 2.43. The Morgan fingerprint density at radius 3 is 2.67 bits per heavy atom. The van der Waals surface area contributed by atoms with E-state index in [-0.39, 0.29) is 0 Å². The van der Waals surface area contributed by atoms with Crippen LogP contribution in [-0.2, 0) is 6.54 Å². The summed E-state index contributed by atoms with van der Waals surface area (Å²) >= 11 is 0. The van der Waals surface area contributed by atoms with Crippen molar-refractivity contribution in [2.75, 3.05) is 12.4 Å². The first-order valence-electron chi connectivity index (χ1n) is 5.57. The van der Waals surface area contributed by atoms with Crippen LogP contribution in [0.3, 0.4) is 0 Å². The van der Waals surface area contributed by atoms with Gasteiger partial charge in [-0.05, 0) is 33.7 Å². The van der Waals surface area contributed by atoms with Crippen molar-refractivity contribution in [2.45, 2.75) is 45.3 Å². The van der Waals surface area contributed by atoms with E-state index in [0.717, 1.165) is 18.3 Å². The van der Waals surface area contributed by atoms with Crippen molar-refractivity contribution in [2.24, 2.45) is 0 Å². The molecular weight excluding hydrogens is 190 g/mol. The standard InChI is InChI=1S/C10H19N5/c1-7(2)12-10-14-13-9(6-11-3)15(10)8-4-5-8/h7-8,11H,4-6H2,1-3H3,(H,12,14). The molecule has 5 heteroatoms. The van der Waals surface area contributed by atoms with E-state index in [1.165, 1.54) is 12.8 Å². The molecule has 1 fully saturated rings. The summed E-state index contributed by atoms with van der Waals surface area (Å²) in [6, 6.07) is 1.01. The lowest BCUT2D eigenvalue weighted by Crippen LogP contribution is -2.17. The van der Waals surface area contributed by atoms with Crippen molar-refractivity contribution in [3.05, 3.63) is 5.82 Å². The first-order chi connectivity index (χ1) is 7.22. The van der Waals surface area contributed by atoms with Gasteiger partial charge < -0.3 is 10.6 Å². The lowest BCUT2D eigenvalue weighted by atomic mass is 10.4. The molecule has 1 saturated carbocycles. The fourth-order valence-corrected chi connectivity index (χ4v) is 1.68. The molecule has 5 nitrogen and oxygen atoms in total. The number of hydrogen-bond donors (Lipinski definition) is 2. The Balaban J connectivity index is 2.21. The third-order valence-electron chi connectivity index (χ3n) is 2.43. The Labute approximate surface area is 90.3 Å². The molecule has 1 aliphatic rings. The first kappa shape index (κ1) is 10.4. The zero-order valence-electron chi connectivity index (χ0n) is 9.62. The van der Waals surface area contributed by atoms with E-state index in [1.54, 1.807) is 0 Å². The predicted molar refractivity (Wildman–Crippen MR) is 59.8 cm³/mol. The second-order valence-electron chi connectivity index (χ2n) is 4.37. The molecule has 1 aliphatic carbocycles. The van der Waals surface area contributed by atoms with Crippen molar-refractivity contribution < 1.29 is 0 Å². The van der Waals surface area contributed by atoms with Gasteiger partial charge in [0.05, 0.1) is 6.54 Å². The highest BCUT2D eigenvalue weighted by atomic mass is 15.4. The maximum absolute atomic E-state index is 4.21. The Bertz CT molecular complexity index is 327. The number of rotatable bonds is 5. The summed E-state index contributed by atoms with van der Waals surface area (Å²) in [6.07, 6.45) is 2.50. The minimum atomic E-state index is 0.397. The SMILES string of the molecule is CNCc1nnc(NC(C)C)n1C1CC1. The van der Waals surface area contributed by atoms with E-state index in [0.29, 0.717) is 12.1 Å². The number of nitrogens with zero attached hydrogens (tertiary/aromatic N) is 3. The molecule has 0 amide bonds. The molecule has 1 aromatic heterocycles. The van der Waals surface area contributed by atoms with Crippen molar-refractivity contribution in [1.29, 1.82) is 0 Å². The number of nitrogens with one attached hydrogen (secondary N) is 2. The van der Waals surface area contributed by atoms with Crippen LogP contribution in [0, 0.1) is 0 Å². The average Bonchev–Trinajstić information content (AvgIpc) is 2.92. The lowest BCUT2D eigenvalue weighted by Gasteiger charge is -2.12. The number of anilines is 1. The summed E-state index contributed by atoms with van der Waals surface area (Å²) in [5.74, 6) is 1.95. The largest absolute Gasteiger partial charge is 0.352 e. The molecule has 0 atom stereocenters. The monoisotopic (exact) mass is 209 g/mol. The normalized spacial score (nSPS) is 16.0. The molecule has 0 bridgehead atoms. The van der Waals surface area contributed by atoms with E-state index in [1.807, 2.05) is 7.05 Å². The zero-order valence-corrected chi connectivity index (χ0v) is 9.62. The third kappa shape index (κ3) is 2.28. The van der Waals surface area contributed by atoms with Gasteiger partial charge in [0.2, 0.25) is 5.95 Å². The van der Waals surface area contributed by atoms with Crippen LogP contribution in [0.4, 0.5) is 5.95 Å². The Hall–Kier alpha value is -1.10. The van der Waals surface area contributed by atoms with E-state index in [4.69, 9.17) is 0 Å². The molecule has 1 aromatic rings. The van der Waals surface area contributed by atoms with Gasteiger partial charge in [0.15, 0.2) is 0 Å². The Kier molecular flexibility index (Phi) is 2.90. The van der Waals surface area contributed by atoms with Crippen LogP contribution in [0.1, 0.15) is 38.6 Å². The first-order valence-corrected chi connectivity index (χ1v) is 5.57. The van der Waals surface area contributed by atoms with Crippen LogP contribution in [0.5, 0.6) is 0 Å². The van der Waals surface area contributed by atoms with Gasteiger partial charge in [-0.15, -0.1) is 10.2 Å². The molecule has 15 heavy (non-hydrogen) atoms. The van der Waals surface area contributed by atoms with Gasteiger partial charge in [-0.2, -0.15) is 0 Å². The van der Waals surface area contributed by atoms with Gasteiger partial charge in [-0.1, -0.05) is 0 Å². The van der Waals surface area contributed by atoms with E-state index >= 15 is 0 Å². The molecule has 0 aliphatic heterocycles. The summed E-state index contributed by atoms with van der Waals surface area (Å²) in [4.78, 5) is 0. The summed E-state index contributed by atoms with van der Waals surface area (Å²) in [5.41, 5.74) is 0. The van der Waals surface area contributed by atoms with Crippen LogP contribution in [-0.4, -0.2) is 27.9 Å². The molecule has 84 valence electrons. The molecule has 2 N–H and O–H groups in total. The fourth-order valence-electron chi connectivity index (χ4n) is 1.68. The molecule has 2 rings (SSSR count). The van der Waals surface area contributed by atoms with Gasteiger partial charge in [-0.25, -0.2) is 0 Å². The van der Waals surface area contributed by atoms with Gasteiger partial charge in [0, 0.05) is 12.1 Å². The topological polar surface area (TPSA) is 54.8 Å². The minimum Gasteiger partial charge on any atom is -0.352 e. The molecule has 0 spiro atoms. The number of hydrogen-bond acceptors (Lipinski definition) is 4. The molecule has 0 saturated heterocycles.